The lowest BCUT2D eigenvalue weighted by atomic mass is 9.90. The first-order chi connectivity index (χ1) is 8.57. The number of benzene rings is 1. The number of halogens is 5. The topological polar surface area (TPSA) is 46.2 Å². The summed E-state index contributed by atoms with van der Waals surface area (Å²) in [6.45, 7) is 3.14. The van der Waals surface area contributed by atoms with E-state index in [1.807, 2.05) is 0 Å². The first kappa shape index (κ1) is 16.2. The Labute approximate surface area is 113 Å². The molecule has 7 heteroatoms. The minimum atomic E-state index is -4.77. The Morgan fingerprint density at radius 2 is 1.79 bits per heavy atom. The molecule has 0 aromatic heterocycles. The van der Waals surface area contributed by atoms with Crippen LogP contribution in [0.25, 0.3) is 0 Å². The second kappa shape index (κ2) is 5.64. The summed E-state index contributed by atoms with van der Waals surface area (Å²) in [6, 6.07) is -0.0268. The van der Waals surface area contributed by atoms with Crippen LogP contribution in [0.15, 0.2) is 12.1 Å². The van der Waals surface area contributed by atoms with E-state index in [9.17, 15) is 22.7 Å². The molecule has 0 aliphatic carbocycles. The highest BCUT2D eigenvalue weighted by Gasteiger charge is 2.38. The van der Waals surface area contributed by atoms with Gasteiger partial charge in [0.25, 0.3) is 0 Å². The average Bonchev–Trinajstić information content (AvgIpc) is 2.28. The maximum absolute atomic E-state index is 13.8. The molecule has 0 saturated carbocycles. The maximum Gasteiger partial charge on any atom is 0.416 e. The van der Waals surface area contributed by atoms with Gasteiger partial charge in [-0.15, -0.1) is 0 Å². The lowest BCUT2D eigenvalue weighted by molar-refractivity contribution is -0.138. The molecule has 19 heavy (non-hydrogen) atoms. The van der Waals surface area contributed by atoms with E-state index in [0.29, 0.717) is 6.07 Å². The van der Waals surface area contributed by atoms with E-state index in [1.165, 1.54) is 0 Å². The zero-order valence-corrected chi connectivity index (χ0v) is 11.1. The van der Waals surface area contributed by atoms with Crippen molar-refractivity contribution in [2.45, 2.75) is 32.2 Å². The molecule has 2 atom stereocenters. The zero-order valence-electron chi connectivity index (χ0n) is 10.3. The Kier molecular flexibility index (Phi) is 4.81. The van der Waals surface area contributed by atoms with Crippen LogP contribution in [0.4, 0.5) is 17.6 Å². The number of alkyl halides is 3. The molecule has 3 N–H and O–H groups in total. The normalized spacial score (nSPS) is 15.7. The number of rotatable bonds is 3. The van der Waals surface area contributed by atoms with Crippen molar-refractivity contribution >= 4 is 11.6 Å². The predicted octanol–water partition coefficient (Wildman–Crippen LogP) is 3.51. The Hall–Kier alpha value is -0.850. The Bertz CT molecular complexity index is 462. The van der Waals surface area contributed by atoms with Crippen LogP contribution in [0, 0.1) is 11.7 Å². The number of aliphatic hydroxyl groups excluding tert-OH is 1. The van der Waals surface area contributed by atoms with E-state index < -0.39 is 46.2 Å². The minimum Gasteiger partial charge on any atom is -0.391 e. The van der Waals surface area contributed by atoms with Gasteiger partial charge in [-0.1, -0.05) is 25.4 Å². The highest BCUT2D eigenvalue weighted by atomic mass is 35.5. The largest absolute Gasteiger partial charge is 0.416 e. The van der Waals surface area contributed by atoms with Gasteiger partial charge in [-0.05, 0) is 18.1 Å². The molecule has 0 aliphatic rings. The van der Waals surface area contributed by atoms with Crippen LogP contribution in [0.3, 0.4) is 0 Å². The summed E-state index contributed by atoms with van der Waals surface area (Å²) < 4.78 is 52.4. The summed E-state index contributed by atoms with van der Waals surface area (Å²) in [5.41, 5.74) is 3.53. The van der Waals surface area contributed by atoms with Crippen molar-refractivity contribution in [1.82, 2.24) is 0 Å². The van der Waals surface area contributed by atoms with Crippen LogP contribution < -0.4 is 5.73 Å². The van der Waals surface area contributed by atoms with E-state index in [2.05, 4.69) is 0 Å². The van der Waals surface area contributed by atoms with E-state index in [4.69, 9.17) is 17.3 Å². The SMILES string of the molecule is CC(C)[C@@H](O)[C@@H](N)c1c(C(F)(F)F)ccc(Cl)c1F. The van der Waals surface area contributed by atoms with Crippen molar-refractivity contribution < 1.29 is 22.7 Å². The summed E-state index contributed by atoms with van der Waals surface area (Å²) in [7, 11) is 0. The van der Waals surface area contributed by atoms with Crippen LogP contribution in [0.5, 0.6) is 0 Å². The maximum atomic E-state index is 13.8. The van der Waals surface area contributed by atoms with Gasteiger partial charge in [0.05, 0.1) is 22.7 Å². The summed E-state index contributed by atoms with van der Waals surface area (Å²) in [6.07, 6.45) is -6.08. The number of hydrogen-bond acceptors (Lipinski definition) is 2. The van der Waals surface area contributed by atoms with Gasteiger partial charge in [0.1, 0.15) is 5.82 Å². The fourth-order valence-corrected chi connectivity index (χ4v) is 1.89. The monoisotopic (exact) mass is 299 g/mol. The summed E-state index contributed by atoms with van der Waals surface area (Å²) in [5, 5.41) is 9.29. The molecular weight excluding hydrogens is 286 g/mol. The number of aliphatic hydroxyl groups is 1. The summed E-state index contributed by atoms with van der Waals surface area (Å²) >= 11 is 5.48. The molecule has 0 heterocycles. The van der Waals surface area contributed by atoms with Gasteiger partial charge in [0.15, 0.2) is 0 Å². The van der Waals surface area contributed by atoms with Gasteiger partial charge >= 0.3 is 6.18 Å². The lowest BCUT2D eigenvalue weighted by Gasteiger charge is -2.26. The molecule has 0 spiro atoms. The second-order valence-electron chi connectivity index (χ2n) is 4.58. The molecule has 108 valence electrons. The molecular formula is C12H14ClF4NO. The van der Waals surface area contributed by atoms with E-state index in [0.717, 1.165) is 6.07 Å². The fourth-order valence-electron chi connectivity index (χ4n) is 1.72. The smallest absolute Gasteiger partial charge is 0.391 e. The number of nitrogens with two attached hydrogens (primary N) is 1. The second-order valence-corrected chi connectivity index (χ2v) is 4.99. The molecule has 0 amide bonds. The fraction of sp³-hybridized carbons (Fsp3) is 0.500. The van der Waals surface area contributed by atoms with Crippen molar-refractivity contribution in [3.8, 4) is 0 Å². The molecule has 0 unspecified atom stereocenters. The molecule has 1 aromatic carbocycles. The molecule has 0 saturated heterocycles. The molecule has 0 aliphatic heterocycles. The summed E-state index contributed by atoms with van der Waals surface area (Å²) in [4.78, 5) is 0. The average molecular weight is 300 g/mol. The highest BCUT2D eigenvalue weighted by Crippen LogP contribution is 2.38. The predicted molar refractivity (Wildman–Crippen MR) is 64.2 cm³/mol. The zero-order chi connectivity index (χ0) is 15.0. The molecule has 1 rings (SSSR count). The van der Waals surface area contributed by atoms with Crippen molar-refractivity contribution in [3.05, 3.63) is 34.1 Å². The van der Waals surface area contributed by atoms with E-state index >= 15 is 0 Å². The quantitative estimate of drug-likeness (QED) is 0.839. The lowest BCUT2D eigenvalue weighted by Crippen LogP contribution is -2.33. The van der Waals surface area contributed by atoms with Crippen LogP contribution in [0.1, 0.15) is 31.0 Å². The molecule has 2 nitrogen and oxygen atoms in total. The van der Waals surface area contributed by atoms with Crippen molar-refractivity contribution in [2.75, 3.05) is 0 Å². The Morgan fingerprint density at radius 3 is 2.21 bits per heavy atom. The van der Waals surface area contributed by atoms with Crippen molar-refractivity contribution in [3.63, 3.8) is 0 Å². The molecule has 0 fully saturated rings. The van der Waals surface area contributed by atoms with Gasteiger partial charge in [-0.2, -0.15) is 13.2 Å². The molecule has 1 aromatic rings. The summed E-state index contributed by atoms with van der Waals surface area (Å²) in [5.74, 6) is -1.67. The van der Waals surface area contributed by atoms with Gasteiger partial charge in [0.2, 0.25) is 0 Å². The van der Waals surface area contributed by atoms with E-state index in [1.54, 1.807) is 13.8 Å². The van der Waals surface area contributed by atoms with Crippen LogP contribution in [0.2, 0.25) is 5.02 Å². The Morgan fingerprint density at radius 1 is 1.26 bits per heavy atom. The molecule has 0 radical (unpaired) electrons. The highest BCUT2D eigenvalue weighted by molar-refractivity contribution is 6.30. The number of hydrogen-bond donors (Lipinski definition) is 2. The first-order valence-electron chi connectivity index (χ1n) is 5.56. The van der Waals surface area contributed by atoms with Crippen molar-refractivity contribution in [1.29, 1.82) is 0 Å². The van der Waals surface area contributed by atoms with Gasteiger partial charge in [-0.25, -0.2) is 4.39 Å². The van der Waals surface area contributed by atoms with Gasteiger partial charge in [-0.3, -0.25) is 0 Å². The van der Waals surface area contributed by atoms with Crippen molar-refractivity contribution in [2.24, 2.45) is 11.7 Å². The van der Waals surface area contributed by atoms with E-state index in [-0.39, 0.29) is 0 Å². The third-order valence-electron chi connectivity index (χ3n) is 2.82. The molecule has 0 bridgehead atoms. The standard InChI is InChI=1S/C12H14ClF4NO/c1-5(2)11(19)10(18)8-6(12(15,16)17)3-4-7(13)9(8)14/h3-5,10-11,19H,18H2,1-2H3/t10-,11+/m0/s1. The third-order valence-corrected chi connectivity index (χ3v) is 3.11. The Balaban J connectivity index is 3.43. The minimum absolute atomic E-state index is 0.422. The van der Waals surface area contributed by atoms with Gasteiger partial charge in [0, 0.05) is 5.56 Å². The van der Waals surface area contributed by atoms with Crippen LogP contribution in [-0.2, 0) is 6.18 Å². The van der Waals surface area contributed by atoms with Gasteiger partial charge < -0.3 is 10.8 Å². The third kappa shape index (κ3) is 3.38. The first-order valence-corrected chi connectivity index (χ1v) is 5.94. The van der Waals surface area contributed by atoms with Crippen LogP contribution in [-0.4, -0.2) is 11.2 Å². The van der Waals surface area contributed by atoms with Crippen LogP contribution >= 0.6 is 11.6 Å².